The van der Waals surface area contributed by atoms with Crippen molar-refractivity contribution in [2.24, 2.45) is 5.92 Å². The number of amides is 1. The minimum Gasteiger partial charge on any atom is -0.465 e. The van der Waals surface area contributed by atoms with Gasteiger partial charge in [-0.05, 0) is 12.8 Å². The van der Waals surface area contributed by atoms with Crippen LogP contribution in [0.3, 0.4) is 0 Å². The second-order valence-electron chi connectivity index (χ2n) is 4.22. The summed E-state index contributed by atoms with van der Waals surface area (Å²) in [4.78, 5) is 22.2. The van der Waals surface area contributed by atoms with Crippen LogP contribution in [-0.4, -0.2) is 24.7 Å². The molecule has 0 heterocycles. The summed E-state index contributed by atoms with van der Waals surface area (Å²) in [6.45, 7) is 4.15. The molecule has 0 aliphatic carbocycles. The van der Waals surface area contributed by atoms with E-state index in [1.165, 1.54) is 11.9 Å². The van der Waals surface area contributed by atoms with Crippen LogP contribution in [0.1, 0.15) is 46.0 Å². The van der Waals surface area contributed by atoms with Gasteiger partial charge in [-0.15, -0.1) is 0 Å². The van der Waals surface area contributed by atoms with Gasteiger partial charge in [0.2, 0.25) is 5.91 Å². The second kappa shape index (κ2) is 10.4. The topological polar surface area (TPSA) is 55.4 Å². The fourth-order valence-electron chi connectivity index (χ4n) is 1.25. The van der Waals surface area contributed by atoms with Crippen molar-refractivity contribution in [1.29, 1.82) is 0 Å². The Kier molecular flexibility index (Phi) is 10.0. The van der Waals surface area contributed by atoms with Gasteiger partial charge in [-0.1, -0.05) is 38.6 Å². The van der Waals surface area contributed by atoms with E-state index in [-0.39, 0.29) is 17.8 Å². The van der Waals surface area contributed by atoms with Crippen molar-refractivity contribution in [3.8, 4) is 0 Å². The monoisotopic (exact) mass is 261 g/mol. The van der Waals surface area contributed by atoms with Crippen LogP contribution in [0.25, 0.3) is 0 Å². The quantitative estimate of drug-likeness (QED) is 0.394. The Hall–Kier alpha value is -0.710. The van der Waals surface area contributed by atoms with E-state index in [0.29, 0.717) is 13.0 Å². The molecule has 0 aromatic carbocycles. The summed E-state index contributed by atoms with van der Waals surface area (Å²) in [7, 11) is 0. The fourth-order valence-corrected chi connectivity index (χ4v) is 1.58. The average molecular weight is 261 g/mol. The molecule has 5 heteroatoms. The average Bonchev–Trinajstić information content (AvgIpc) is 2.27. The van der Waals surface area contributed by atoms with E-state index in [1.54, 1.807) is 0 Å². The van der Waals surface area contributed by atoms with Gasteiger partial charge in [0.25, 0.3) is 0 Å². The predicted octanol–water partition coefficient (Wildman–Crippen LogP) is 2.53. The fraction of sp³-hybridized carbons (Fsp3) is 0.833. The van der Waals surface area contributed by atoms with Crippen LogP contribution in [0, 0.1) is 5.92 Å². The zero-order valence-electron chi connectivity index (χ0n) is 11.0. The van der Waals surface area contributed by atoms with E-state index in [4.69, 9.17) is 4.74 Å². The molecule has 0 rings (SSSR count). The summed E-state index contributed by atoms with van der Waals surface area (Å²) in [6.07, 6.45) is 6.18. The summed E-state index contributed by atoms with van der Waals surface area (Å²) < 4.78 is 7.73. The second-order valence-corrected chi connectivity index (χ2v) is 4.83. The van der Waals surface area contributed by atoms with E-state index in [0.717, 1.165) is 25.7 Å². The number of carbonyl (C=O) groups is 2. The van der Waals surface area contributed by atoms with Crippen LogP contribution < -0.4 is 4.72 Å². The number of hydrogen-bond donors (Lipinski definition) is 1. The van der Waals surface area contributed by atoms with Gasteiger partial charge in [0.05, 0.1) is 12.5 Å². The number of rotatable bonds is 9. The highest BCUT2D eigenvalue weighted by Crippen LogP contribution is 2.05. The Morgan fingerprint density at radius 2 is 1.82 bits per heavy atom. The summed E-state index contributed by atoms with van der Waals surface area (Å²) in [6, 6.07) is 0. The van der Waals surface area contributed by atoms with Crippen LogP contribution in [0.2, 0.25) is 0 Å². The Balaban J connectivity index is 3.24. The van der Waals surface area contributed by atoms with Crippen molar-refractivity contribution in [2.75, 3.05) is 12.9 Å². The first-order chi connectivity index (χ1) is 8.07. The number of ether oxygens (including phenoxy) is 1. The maximum absolute atomic E-state index is 11.1. The van der Waals surface area contributed by atoms with E-state index < -0.39 is 0 Å². The summed E-state index contributed by atoms with van der Waals surface area (Å²) >= 11 is 1.33. The Bertz CT molecular complexity index is 232. The number of hydrogen-bond acceptors (Lipinski definition) is 4. The normalized spacial score (nSPS) is 10.4. The Labute approximate surface area is 108 Å². The smallest absolute Gasteiger partial charge is 0.308 e. The van der Waals surface area contributed by atoms with E-state index in [2.05, 4.69) is 4.72 Å². The zero-order valence-corrected chi connectivity index (χ0v) is 11.8. The van der Waals surface area contributed by atoms with Crippen molar-refractivity contribution in [3.63, 3.8) is 0 Å². The van der Waals surface area contributed by atoms with Crippen LogP contribution >= 0.6 is 11.9 Å². The van der Waals surface area contributed by atoms with Gasteiger partial charge in [-0.2, -0.15) is 0 Å². The molecule has 4 nitrogen and oxygen atoms in total. The molecular weight excluding hydrogens is 238 g/mol. The highest BCUT2D eigenvalue weighted by atomic mass is 32.2. The van der Waals surface area contributed by atoms with Gasteiger partial charge in [-0.25, -0.2) is 0 Å². The first-order valence-corrected chi connectivity index (χ1v) is 7.29. The maximum atomic E-state index is 11.1. The van der Waals surface area contributed by atoms with Gasteiger partial charge >= 0.3 is 5.97 Å². The van der Waals surface area contributed by atoms with Crippen LogP contribution in [0.4, 0.5) is 0 Å². The standard InChI is InChI=1S/C12H23NO3S/c1-10(2)12(15)16-9-7-5-4-6-8-11(14)13-17-3/h10H,4-9H2,1-3H3,(H,13,14). The number of nitrogens with one attached hydrogen (secondary N) is 1. The van der Waals surface area contributed by atoms with Crippen molar-refractivity contribution in [3.05, 3.63) is 0 Å². The van der Waals surface area contributed by atoms with Crippen molar-refractivity contribution in [1.82, 2.24) is 4.72 Å². The van der Waals surface area contributed by atoms with Gasteiger partial charge in [-0.3, -0.25) is 9.59 Å². The first kappa shape index (κ1) is 16.3. The Morgan fingerprint density at radius 1 is 1.18 bits per heavy atom. The molecule has 1 amide bonds. The number of unbranched alkanes of at least 4 members (excludes halogenated alkanes) is 3. The summed E-state index contributed by atoms with van der Waals surface area (Å²) in [5, 5.41) is 0. The lowest BCUT2D eigenvalue weighted by Crippen LogP contribution is -2.14. The molecule has 17 heavy (non-hydrogen) atoms. The highest BCUT2D eigenvalue weighted by Gasteiger charge is 2.07. The number of carbonyl (C=O) groups excluding carboxylic acids is 2. The molecule has 0 fully saturated rings. The summed E-state index contributed by atoms with van der Waals surface area (Å²) in [5.41, 5.74) is 0. The van der Waals surface area contributed by atoms with Crippen molar-refractivity contribution >= 4 is 23.8 Å². The Morgan fingerprint density at radius 3 is 2.41 bits per heavy atom. The molecule has 0 saturated heterocycles. The molecule has 0 radical (unpaired) electrons. The molecule has 0 aromatic heterocycles. The van der Waals surface area contributed by atoms with E-state index >= 15 is 0 Å². The van der Waals surface area contributed by atoms with Crippen LogP contribution in [0.5, 0.6) is 0 Å². The maximum Gasteiger partial charge on any atom is 0.308 e. The van der Waals surface area contributed by atoms with E-state index in [1.807, 2.05) is 20.1 Å². The van der Waals surface area contributed by atoms with Gasteiger partial charge in [0.1, 0.15) is 0 Å². The molecule has 0 aliphatic rings. The van der Waals surface area contributed by atoms with Gasteiger partial charge < -0.3 is 9.46 Å². The highest BCUT2D eigenvalue weighted by molar-refractivity contribution is 7.97. The molecule has 0 aliphatic heterocycles. The van der Waals surface area contributed by atoms with Crippen LogP contribution in [0.15, 0.2) is 0 Å². The lowest BCUT2D eigenvalue weighted by atomic mass is 10.1. The van der Waals surface area contributed by atoms with Crippen molar-refractivity contribution in [2.45, 2.75) is 46.0 Å². The summed E-state index contributed by atoms with van der Waals surface area (Å²) in [5.74, 6) is -0.0988. The molecule has 0 saturated carbocycles. The lowest BCUT2D eigenvalue weighted by molar-refractivity contribution is -0.147. The zero-order chi connectivity index (χ0) is 13.1. The number of esters is 1. The molecule has 100 valence electrons. The minimum atomic E-state index is -0.135. The molecule has 0 aromatic rings. The molecular formula is C12H23NO3S. The van der Waals surface area contributed by atoms with Gasteiger partial charge in [0.15, 0.2) is 0 Å². The van der Waals surface area contributed by atoms with Crippen LogP contribution in [-0.2, 0) is 14.3 Å². The largest absolute Gasteiger partial charge is 0.465 e. The third-order valence-electron chi connectivity index (χ3n) is 2.23. The molecule has 0 unspecified atom stereocenters. The van der Waals surface area contributed by atoms with E-state index in [9.17, 15) is 9.59 Å². The molecule has 0 spiro atoms. The first-order valence-electron chi connectivity index (χ1n) is 6.06. The third-order valence-corrected chi connectivity index (χ3v) is 2.66. The molecule has 0 bridgehead atoms. The predicted molar refractivity (Wildman–Crippen MR) is 70.5 cm³/mol. The molecule has 0 atom stereocenters. The third kappa shape index (κ3) is 10.2. The molecule has 1 N–H and O–H groups in total. The SMILES string of the molecule is CSNC(=O)CCCCCCOC(=O)C(C)C. The minimum absolute atomic E-state index is 0.0507. The van der Waals surface area contributed by atoms with Gasteiger partial charge in [0, 0.05) is 12.7 Å². The lowest BCUT2D eigenvalue weighted by Gasteiger charge is -2.06. The van der Waals surface area contributed by atoms with Crippen molar-refractivity contribution < 1.29 is 14.3 Å².